The average molecular weight is 216 g/mol. The van der Waals surface area contributed by atoms with Crippen LogP contribution in [0.3, 0.4) is 0 Å². The van der Waals surface area contributed by atoms with Crippen molar-refractivity contribution in [2.24, 2.45) is 0 Å². The molecule has 4 heteroatoms. The summed E-state index contributed by atoms with van der Waals surface area (Å²) in [6.07, 6.45) is 0. The van der Waals surface area contributed by atoms with Crippen LogP contribution in [0.4, 0.5) is 0 Å². The molecular weight excluding hydrogens is 213 g/mol. The van der Waals surface area contributed by atoms with Gasteiger partial charge in [0.2, 0.25) is 0 Å². The standard InChI is InChI=1S/Dy.3H2O/h;3*1H2/q+3;;;/p-3/i1+2;;;. The molecule has 0 atom stereocenters. The maximum atomic E-state index is 0. The summed E-state index contributed by atoms with van der Waals surface area (Å²) in [7, 11) is 0. The molecule has 0 unspecified atom stereocenters. The molecular formula is H3DyO3. The summed E-state index contributed by atoms with van der Waals surface area (Å²) < 4.78 is 0. The second-order valence-corrected chi connectivity index (χ2v) is 0. The normalized spacial score (nSPS) is 0. The summed E-state index contributed by atoms with van der Waals surface area (Å²) in [6, 6.07) is 0. The van der Waals surface area contributed by atoms with Gasteiger partial charge in [-0.05, 0) is 0 Å². The van der Waals surface area contributed by atoms with Crippen molar-refractivity contribution in [3.8, 4) is 0 Å². The van der Waals surface area contributed by atoms with E-state index in [9.17, 15) is 0 Å². The van der Waals surface area contributed by atoms with E-state index in [2.05, 4.69) is 0 Å². The first-order chi connectivity index (χ1) is 0. The van der Waals surface area contributed by atoms with Crippen molar-refractivity contribution in [2.45, 2.75) is 0 Å². The topological polar surface area (TPSA) is 90.0 Å². The van der Waals surface area contributed by atoms with Crippen LogP contribution in [0.15, 0.2) is 0 Å². The van der Waals surface area contributed by atoms with E-state index >= 15 is 0 Å². The van der Waals surface area contributed by atoms with E-state index in [0.717, 1.165) is 0 Å². The zero-order chi connectivity index (χ0) is 0. The van der Waals surface area contributed by atoms with Crippen molar-refractivity contribution in [3.05, 3.63) is 0 Å². The number of hydrogen-bond donors (Lipinski definition) is 0. The first-order valence-corrected chi connectivity index (χ1v) is 0. The van der Waals surface area contributed by atoms with Crippen LogP contribution in [-0.2, 0) is 0 Å². The number of rotatable bonds is 0. The van der Waals surface area contributed by atoms with Crippen LogP contribution in [0.25, 0.3) is 0 Å². The average Bonchev–Trinajstić information content (AvgIpc) is 0. The van der Waals surface area contributed by atoms with Crippen LogP contribution in [0.1, 0.15) is 0 Å². The molecule has 0 aliphatic heterocycles. The van der Waals surface area contributed by atoms with Crippen LogP contribution in [0.2, 0.25) is 0 Å². The minimum Gasteiger partial charge on any atom is -0.870 e. The molecule has 0 bridgehead atoms. The Balaban J connectivity index is 0. The first-order valence-electron chi connectivity index (χ1n) is 0. The Labute approximate surface area is 54.3 Å². The molecule has 0 amide bonds. The van der Waals surface area contributed by atoms with Gasteiger partial charge >= 0.3 is 38.2 Å². The smallest absolute Gasteiger partial charge is 0.870 e. The quantitative estimate of drug-likeness (QED) is 0.544. The second kappa shape index (κ2) is 31.1. The maximum absolute atomic E-state index is 0. The van der Waals surface area contributed by atoms with Gasteiger partial charge < -0.3 is 16.4 Å². The van der Waals surface area contributed by atoms with Crippen molar-refractivity contribution in [1.29, 1.82) is 0 Å². The molecule has 3 N–H and O–H groups in total. The molecule has 0 spiro atoms. The first kappa shape index (κ1) is 66.9. The number of hydrogen-bond acceptors (Lipinski definition) is 3. The third-order valence-electron chi connectivity index (χ3n) is 0. The molecule has 0 aliphatic carbocycles. The van der Waals surface area contributed by atoms with Gasteiger partial charge in [-0.2, -0.15) is 0 Å². The maximum Gasteiger partial charge on any atom is 3.00 e. The van der Waals surface area contributed by atoms with Crippen molar-refractivity contribution in [2.75, 3.05) is 0 Å². The zero-order valence-electron chi connectivity index (χ0n) is 1.66. The van der Waals surface area contributed by atoms with Gasteiger partial charge in [0, 0.05) is 0 Å². The van der Waals surface area contributed by atoms with E-state index < -0.39 is 0 Å². The van der Waals surface area contributed by atoms with E-state index in [1.54, 1.807) is 0 Å². The molecule has 0 saturated carbocycles. The van der Waals surface area contributed by atoms with E-state index in [1.807, 2.05) is 0 Å². The van der Waals surface area contributed by atoms with E-state index in [0.29, 0.717) is 0 Å². The van der Waals surface area contributed by atoms with Crippen LogP contribution in [0.5, 0.6) is 0 Å². The van der Waals surface area contributed by atoms with Gasteiger partial charge in [-0.25, -0.2) is 0 Å². The molecule has 0 aromatic carbocycles. The Morgan fingerprint density at radius 2 is 0.500 bits per heavy atom. The molecule has 0 fully saturated rings. The summed E-state index contributed by atoms with van der Waals surface area (Å²) >= 11 is 0. The largest absolute Gasteiger partial charge is 3.00 e. The summed E-state index contributed by atoms with van der Waals surface area (Å²) in [5, 5.41) is 0. The second-order valence-electron chi connectivity index (χ2n) is 0. The molecule has 3 nitrogen and oxygen atoms in total. The third kappa shape index (κ3) is 11.0. The molecule has 0 saturated heterocycles. The predicted molar refractivity (Wildman–Crippen MR) is 5.81 cm³/mol. The molecule has 31 valence electrons. The van der Waals surface area contributed by atoms with E-state index in [1.165, 1.54) is 0 Å². The fourth-order valence-electron chi connectivity index (χ4n) is 0. The zero-order valence-corrected chi connectivity index (χ0v) is 3.69. The van der Waals surface area contributed by atoms with Gasteiger partial charge in [-0.3, -0.25) is 0 Å². The van der Waals surface area contributed by atoms with E-state index in [-0.39, 0.29) is 54.6 Å². The monoisotopic (exact) mass is 216 g/mol. The van der Waals surface area contributed by atoms with Crippen molar-refractivity contribution >= 4 is 0 Å². The molecule has 0 heterocycles. The van der Waals surface area contributed by atoms with Crippen molar-refractivity contribution < 1.29 is 54.6 Å². The summed E-state index contributed by atoms with van der Waals surface area (Å²) in [5.74, 6) is 0. The van der Waals surface area contributed by atoms with Gasteiger partial charge in [0.15, 0.2) is 0 Å². The predicted octanol–water partition coefficient (Wildman–Crippen LogP) is -0.530. The van der Waals surface area contributed by atoms with Gasteiger partial charge in [0.05, 0.1) is 0 Å². The fourth-order valence-corrected chi connectivity index (χ4v) is 0. The fraction of sp³-hybridized carbons (Fsp3) is 0. The van der Waals surface area contributed by atoms with E-state index in [4.69, 9.17) is 0 Å². The van der Waals surface area contributed by atoms with Crippen LogP contribution in [0, 0.1) is 38.2 Å². The minimum atomic E-state index is 0. The molecule has 0 rings (SSSR count). The molecule has 0 aliphatic rings. The Hall–Kier alpha value is 1.15. The molecule has 4 heavy (non-hydrogen) atoms. The van der Waals surface area contributed by atoms with Gasteiger partial charge in [0.25, 0.3) is 0 Å². The summed E-state index contributed by atoms with van der Waals surface area (Å²) in [6.45, 7) is 0. The summed E-state index contributed by atoms with van der Waals surface area (Å²) in [5.41, 5.74) is 0. The Bertz CT molecular complexity index is 3.25. The third-order valence-corrected chi connectivity index (χ3v) is 0. The Morgan fingerprint density at radius 3 is 0.500 bits per heavy atom. The van der Waals surface area contributed by atoms with Crippen molar-refractivity contribution in [3.63, 3.8) is 0 Å². The SMILES string of the molecule is [165Dy+3].[OH-].[OH-].[OH-]. The molecule has 0 aromatic rings. The molecule has 1 radical (unpaired) electrons. The van der Waals surface area contributed by atoms with Crippen LogP contribution in [-0.4, -0.2) is 16.4 Å². The van der Waals surface area contributed by atoms with Gasteiger partial charge in [-0.1, -0.05) is 0 Å². The van der Waals surface area contributed by atoms with Crippen LogP contribution >= 0.6 is 0 Å². The van der Waals surface area contributed by atoms with Gasteiger partial charge in [-0.15, -0.1) is 0 Å². The van der Waals surface area contributed by atoms with Crippen LogP contribution < -0.4 is 0 Å². The van der Waals surface area contributed by atoms with Crippen molar-refractivity contribution in [1.82, 2.24) is 0 Å². The Morgan fingerprint density at radius 1 is 0.500 bits per heavy atom. The minimum absolute atomic E-state index is 0. The Kier molecular flexibility index (Phi) is 519. The van der Waals surface area contributed by atoms with Gasteiger partial charge in [0.1, 0.15) is 0 Å². The summed E-state index contributed by atoms with van der Waals surface area (Å²) in [4.78, 5) is 0. The molecule has 0 aromatic heterocycles.